The van der Waals surface area contributed by atoms with Gasteiger partial charge in [-0.1, -0.05) is 12.8 Å². The molecule has 0 unspecified atom stereocenters. The molecule has 0 saturated heterocycles. The molecule has 8 nitrogen and oxygen atoms in total. The molecule has 1 aliphatic rings. The first-order valence-electron chi connectivity index (χ1n) is 7.83. The molecule has 3 rings (SSSR count). The van der Waals surface area contributed by atoms with E-state index in [1.54, 1.807) is 6.20 Å². The highest BCUT2D eigenvalue weighted by Crippen LogP contribution is 2.29. The zero-order valence-corrected chi connectivity index (χ0v) is 13.0. The fraction of sp³-hybridized carbons (Fsp3) is 0.375. The van der Waals surface area contributed by atoms with Crippen molar-refractivity contribution in [2.24, 2.45) is 0 Å². The van der Waals surface area contributed by atoms with Crippen LogP contribution in [-0.4, -0.2) is 31.8 Å². The highest BCUT2D eigenvalue weighted by atomic mass is 16.6. The van der Waals surface area contributed by atoms with Gasteiger partial charge in [-0.2, -0.15) is 5.10 Å². The van der Waals surface area contributed by atoms with Crippen LogP contribution in [0.4, 0.5) is 5.69 Å². The molecule has 0 spiro atoms. The molecule has 1 fully saturated rings. The SMILES string of the molecule is O=C(N[C@H]1CCCC[C@@H]1n1cccn1)c1ccc([N+](=O)[O-])c(O)c1. The molecule has 126 valence electrons. The lowest BCUT2D eigenvalue weighted by atomic mass is 9.90. The third-order valence-corrected chi connectivity index (χ3v) is 4.34. The quantitative estimate of drug-likeness (QED) is 0.660. The van der Waals surface area contributed by atoms with Crippen LogP contribution in [0.3, 0.4) is 0 Å². The molecule has 1 amide bonds. The normalized spacial score (nSPS) is 20.5. The minimum Gasteiger partial charge on any atom is -0.502 e. The van der Waals surface area contributed by atoms with Crippen LogP contribution >= 0.6 is 0 Å². The summed E-state index contributed by atoms with van der Waals surface area (Å²) < 4.78 is 1.86. The standard InChI is InChI=1S/C16H18N4O4/c21-15-10-11(6-7-14(15)20(23)24)16(22)18-12-4-1-2-5-13(12)19-9-3-8-17-19/h3,6-10,12-13,21H,1-2,4-5H2,(H,18,22)/t12-,13-/m0/s1. The van der Waals surface area contributed by atoms with Crippen molar-refractivity contribution in [3.8, 4) is 5.75 Å². The molecule has 2 N–H and O–H groups in total. The Morgan fingerprint density at radius 3 is 2.83 bits per heavy atom. The van der Waals surface area contributed by atoms with Crippen LogP contribution in [0.2, 0.25) is 0 Å². The van der Waals surface area contributed by atoms with E-state index < -0.39 is 16.4 Å². The fourth-order valence-electron chi connectivity index (χ4n) is 3.14. The average Bonchev–Trinajstić information content (AvgIpc) is 3.09. The Balaban J connectivity index is 1.75. The first-order valence-corrected chi connectivity index (χ1v) is 7.83. The van der Waals surface area contributed by atoms with Crippen molar-refractivity contribution < 1.29 is 14.8 Å². The van der Waals surface area contributed by atoms with Gasteiger partial charge in [-0.3, -0.25) is 19.6 Å². The number of phenols is 1. The third-order valence-electron chi connectivity index (χ3n) is 4.34. The van der Waals surface area contributed by atoms with Crippen molar-refractivity contribution in [1.29, 1.82) is 0 Å². The van der Waals surface area contributed by atoms with E-state index in [4.69, 9.17) is 0 Å². The molecule has 8 heteroatoms. The van der Waals surface area contributed by atoms with Gasteiger partial charge in [0, 0.05) is 24.0 Å². The molecule has 2 atom stereocenters. The first-order chi connectivity index (χ1) is 11.6. The summed E-state index contributed by atoms with van der Waals surface area (Å²) in [5.74, 6) is -0.871. The third kappa shape index (κ3) is 3.22. The number of hydrogen-bond acceptors (Lipinski definition) is 5. The number of nitro groups is 1. The van der Waals surface area contributed by atoms with Gasteiger partial charge in [-0.15, -0.1) is 0 Å². The molecule has 0 aliphatic heterocycles. The maximum atomic E-state index is 12.4. The number of nitrogens with one attached hydrogen (secondary N) is 1. The summed E-state index contributed by atoms with van der Waals surface area (Å²) in [6.07, 6.45) is 7.46. The fourth-order valence-corrected chi connectivity index (χ4v) is 3.14. The van der Waals surface area contributed by atoms with E-state index >= 15 is 0 Å². The van der Waals surface area contributed by atoms with E-state index in [0.29, 0.717) is 0 Å². The minimum absolute atomic E-state index is 0.0662. The molecular weight excluding hydrogens is 312 g/mol. The maximum Gasteiger partial charge on any atom is 0.310 e. The number of carbonyl (C=O) groups excluding carboxylic acids is 1. The number of rotatable bonds is 4. The Morgan fingerprint density at radius 2 is 2.17 bits per heavy atom. The lowest BCUT2D eigenvalue weighted by Gasteiger charge is -2.32. The van der Waals surface area contributed by atoms with E-state index in [-0.39, 0.29) is 23.6 Å². The van der Waals surface area contributed by atoms with Gasteiger partial charge >= 0.3 is 5.69 Å². The Bertz CT molecular complexity index is 745. The van der Waals surface area contributed by atoms with Crippen LogP contribution in [-0.2, 0) is 0 Å². The van der Waals surface area contributed by atoms with Crippen LogP contribution < -0.4 is 5.32 Å². The number of aromatic hydroxyl groups is 1. The summed E-state index contributed by atoms with van der Waals surface area (Å²) >= 11 is 0. The highest BCUT2D eigenvalue weighted by Gasteiger charge is 2.28. The summed E-state index contributed by atoms with van der Waals surface area (Å²) in [7, 11) is 0. The predicted octanol–water partition coefficient (Wildman–Crippen LogP) is 2.41. The topological polar surface area (TPSA) is 110 Å². The van der Waals surface area contributed by atoms with Gasteiger partial charge < -0.3 is 10.4 Å². The number of benzene rings is 1. The van der Waals surface area contributed by atoms with Crippen molar-refractivity contribution in [2.75, 3.05) is 0 Å². The number of nitro benzene ring substituents is 1. The summed E-state index contributed by atoms with van der Waals surface area (Å²) in [5.41, 5.74) is -0.221. The molecule has 2 aromatic rings. The van der Waals surface area contributed by atoms with E-state index in [9.17, 15) is 20.0 Å². The summed E-state index contributed by atoms with van der Waals surface area (Å²) in [6.45, 7) is 0. The monoisotopic (exact) mass is 330 g/mol. The van der Waals surface area contributed by atoms with Crippen molar-refractivity contribution in [1.82, 2.24) is 15.1 Å². The maximum absolute atomic E-state index is 12.4. The smallest absolute Gasteiger partial charge is 0.310 e. The number of nitrogens with zero attached hydrogens (tertiary/aromatic N) is 3. The van der Waals surface area contributed by atoms with Gasteiger partial charge in [0.15, 0.2) is 5.75 Å². The second-order valence-corrected chi connectivity index (χ2v) is 5.88. The number of amides is 1. The molecule has 0 radical (unpaired) electrons. The van der Waals surface area contributed by atoms with E-state index in [1.807, 2.05) is 16.9 Å². The van der Waals surface area contributed by atoms with Crippen molar-refractivity contribution in [3.05, 3.63) is 52.3 Å². The molecule has 1 aromatic heterocycles. The van der Waals surface area contributed by atoms with Crippen LogP contribution in [0.5, 0.6) is 5.75 Å². The number of aromatic nitrogens is 2. The van der Waals surface area contributed by atoms with Gasteiger partial charge in [-0.05, 0) is 31.0 Å². The Morgan fingerprint density at radius 1 is 1.38 bits per heavy atom. The van der Waals surface area contributed by atoms with E-state index in [0.717, 1.165) is 37.8 Å². The molecule has 1 aromatic carbocycles. The van der Waals surface area contributed by atoms with Gasteiger partial charge in [0.2, 0.25) is 0 Å². The second kappa shape index (κ2) is 6.69. The van der Waals surface area contributed by atoms with Gasteiger partial charge in [0.05, 0.1) is 17.0 Å². The van der Waals surface area contributed by atoms with Crippen molar-refractivity contribution in [2.45, 2.75) is 37.8 Å². The molecular formula is C16H18N4O4. The van der Waals surface area contributed by atoms with E-state index in [1.165, 1.54) is 6.07 Å². The zero-order chi connectivity index (χ0) is 17.1. The van der Waals surface area contributed by atoms with Crippen molar-refractivity contribution in [3.63, 3.8) is 0 Å². The molecule has 0 bridgehead atoms. The van der Waals surface area contributed by atoms with Crippen LogP contribution in [0.1, 0.15) is 42.1 Å². The van der Waals surface area contributed by atoms with Crippen LogP contribution in [0, 0.1) is 10.1 Å². The Labute approximate surface area is 138 Å². The Hall–Kier alpha value is -2.90. The second-order valence-electron chi connectivity index (χ2n) is 5.88. The molecule has 1 heterocycles. The van der Waals surface area contributed by atoms with Gasteiger partial charge in [0.25, 0.3) is 5.91 Å². The highest BCUT2D eigenvalue weighted by molar-refractivity contribution is 5.95. The summed E-state index contributed by atoms with van der Waals surface area (Å²) in [4.78, 5) is 22.5. The largest absolute Gasteiger partial charge is 0.502 e. The zero-order valence-electron chi connectivity index (χ0n) is 13.0. The molecule has 1 saturated carbocycles. The van der Waals surface area contributed by atoms with Crippen LogP contribution in [0.25, 0.3) is 0 Å². The first kappa shape index (κ1) is 16.0. The van der Waals surface area contributed by atoms with Crippen molar-refractivity contribution >= 4 is 11.6 Å². The minimum atomic E-state index is -0.689. The summed E-state index contributed by atoms with van der Waals surface area (Å²) in [6, 6.07) is 5.48. The van der Waals surface area contributed by atoms with Gasteiger partial charge in [0.1, 0.15) is 0 Å². The number of phenolic OH excluding ortho intramolecular Hbond substituents is 1. The van der Waals surface area contributed by atoms with E-state index in [2.05, 4.69) is 10.4 Å². The Kier molecular flexibility index (Phi) is 4.45. The lowest BCUT2D eigenvalue weighted by Crippen LogP contribution is -2.43. The van der Waals surface area contributed by atoms with Gasteiger partial charge in [-0.25, -0.2) is 0 Å². The number of hydrogen-bond donors (Lipinski definition) is 2. The molecule has 24 heavy (non-hydrogen) atoms. The van der Waals surface area contributed by atoms with Crippen LogP contribution in [0.15, 0.2) is 36.7 Å². The number of carbonyl (C=O) groups is 1. The average molecular weight is 330 g/mol. The summed E-state index contributed by atoms with van der Waals surface area (Å²) in [5, 5.41) is 27.6. The molecule has 1 aliphatic carbocycles. The predicted molar refractivity (Wildman–Crippen MR) is 85.7 cm³/mol. The lowest BCUT2D eigenvalue weighted by molar-refractivity contribution is -0.385.